The Morgan fingerprint density at radius 2 is 2.06 bits per heavy atom. The summed E-state index contributed by atoms with van der Waals surface area (Å²) in [5.41, 5.74) is 1.89. The molecule has 3 nitrogen and oxygen atoms in total. The van der Waals surface area contributed by atoms with Gasteiger partial charge in [0.25, 0.3) is 0 Å². The summed E-state index contributed by atoms with van der Waals surface area (Å²) in [5.74, 6) is 1.07. The van der Waals surface area contributed by atoms with E-state index in [1.54, 1.807) is 6.07 Å². The highest BCUT2D eigenvalue weighted by molar-refractivity contribution is 5.80. The van der Waals surface area contributed by atoms with Crippen LogP contribution < -0.4 is 10.2 Å². The number of hydrogen-bond donors (Lipinski definition) is 1. The molecule has 1 heterocycles. The summed E-state index contributed by atoms with van der Waals surface area (Å²) >= 11 is 0. The maximum atomic E-state index is 12.1. The van der Waals surface area contributed by atoms with E-state index in [0.29, 0.717) is 17.9 Å². The number of benzene rings is 1. The third-order valence-electron chi connectivity index (χ3n) is 2.92. The molecule has 1 aromatic carbocycles. The fourth-order valence-electron chi connectivity index (χ4n) is 1.87. The van der Waals surface area contributed by atoms with E-state index in [9.17, 15) is 4.79 Å². The van der Waals surface area contributed by atoms with Gasteiger partial charge in [-0.25, -0.2) is 0 Å². The molecule has 0 fully saturated rings. The molecule has 0 saturated heterocycles. The van der Waals surface area contributed by atoms with Gasteiger partial charge in [-0.2, -0.15) is 0 Å². The predicted octanol–water partition coefficient (Wildman–Crippen LogP) is 3.44. The summed E-state index contributed by atoms with van der Waals surface area (Å²) in [6.07, 6.45) is 0.959. The Hall–Kier alpha value is -1.77. The van der Waals surface area contributed by atoms with Gasteiger partial charge in [-0.3, -0.25) is 4.79 Å². The molecule has 0 aliphatic carbocycles. The Morgan fingerprint density at radius 1 is 1.28 bits per heavy atom. The second kappa shape index (κ2) is 5.25. The van der Waals surface area contributed by atoms with Crippen LogP contribution >= 0.6 is 0 Å². The van der Waals surface area contributed by atoms with Crippen molar-refractivity contribution in [1.29, 1.82) is 0 Å². The molecule has 0 radical (unpaired) electrons. The summed E-state index contributed by atoms with van der Waals surface area (Å²) in [6, 6.07) is 7.30. The lowest BCUT2D eigenvalue weighted by Crippen LogP contribution is -2.06. The van der Waals surface area contributed by atoms with Crippen LogP contribution in [0.15, 0.2) is 29.1 Å². The topological polar surface area (TPSA) is 42.1 Å². The molecule has 2 rings (SSSR count). The standard InChI is InChI=1S/C15H19NO2/c1-4-7-18-11-5-6-13-12(8-11)15(17)9-14(16-13)10(2)3/h5-6,8-10H,4,7H2,1-3H3,(H,16,17). The molecule has 0 unspecified atom stereocenters. The quantitative estimate of drug-likeness (QED) is 0.896. The number of aromatic nitrogens is 1. The highest BCUT2D eigenvalue weighted by Crippen LogP contribution is 2.19. The molecule has 1 aromatic heterocycles. The lowest BCUT2D eigenvalue weighted by atomic mass is 10.1. The first-order chi connectivity index (χ1) is 8.61. The molecule has 3 heteroatoms. The van der Waals surface area contributed by atoms with Gasteiger partial charge in [0.1, 0.15) is 5.75 Å². The number of nitrogens with one attached hydrogen (secondary N) is 1. The third kappa shape index (κ3) is 2.55. The van der Waals surface area contributed by atoms with Crippen molar-refractivity contribution < 1.29 is 4.74 Å². The minimum absolute atomic E-state index is 0.0504. The normalized spacial score (nSPS) is 11.1. The average Bonchev–Trinajstić information content (AvgIpc) is 2.36. The van der Waals surface area contributed by atoms with Gasteiger partial charge in [0.05, 0.1) is 6.61 Å². The molecule has 0 aliphatic rings. The van der Waals surface area contributed by atoms with E-state index < -0.39 is 0 Å². The Balaban J connectivity index is 2.48. The molecule has 0 amide bonds. The van der Waals surface area contributed by atoms with E-state index in [1.165, 1.54) is 0 Å². The Morgan fingerprint density at radius 3 is 2.72 bits per heavy atom. The van der Waals surface area contributed by atoms with Gasteiger partial charge in [0.15, 0.2) is 5.43 Å². The highest BCUT2D eigenvalue weighted by atomic mass is 16.5. The van der Waals surface area contributed by atoms with Crippen LogP contribution in [-0.4, -0.2) is 11.6 Å². The first kappa shape index (κ1) is 12.7. The minimum atomic E-state index is 0.0504. The van der Waals surface area contributed by atoms with Crippen molar-refractivity contribution in [3.8, 4) is 5.75 Å². The van der Waals surface area contributed by atoms with Crippen LogP contribution in [-0.2, 0) is 0 Å². The molecule has 0 aliphatic heterocycles. The van der Waals surface area contributed by atoms with Crippen LogP contribution in [0.4, 0.5) is 0 Å². The van der Waals surface area contributed by atoms with Crippen LogP contribution in [0.3, 0.4) is 0 Å². The van der Waals surface area contributed by atoms with E-state index >= 15 is 0 Å². The van der Waals surface area contributed by atoms with Gasteiger partial charge >= 0.3 is 0 Å². The first-order valence-corrected chi connectivity index (χ1v) is 6.41. The van der Waals surface area contributed by atoms with E-state index in [1.807, 2.05) is 18.2 Å². The fraction of sp³-hybridized carbons (Fsp3) is 0.400. The van der Waals surface area contributed by atoms with Crippen molar-refractivity contribution in [3.05, 3.63) is 40.2 Å². The second-order valence-corrected chi connectivity index (χ2v) is 4.80. The van der Waals surface area contributed by atoms with Crippen molar-refractivity contribution >= 4 is 10.9 Å². The molecule has 0 bridgehead atoms. The number of ether oxygens (including phenoxy) is 1. The van der Waals surface area contributed by atoms with Gasteiger partial charge < -0.3 is 9.72 Å². The Labute approximate surface area is 107 Å². The summed E-state index contributed by atoms with van der Waals surface area (Å²) in [6.45, 7) is 6.86. The van der Waals surface area contributed by atoms with E-state index in [4.69, 9.17) is 4.74 Å². The second-order valence-electron chi connectivity index (χ2n) is 4.80. The van der Waals surface area contributed by atoms with E-state index in [2.05, 4.69) is 25.8 Å². The van der Waals surface area contributed by atoms with Crippen LogP contribution in [0.2, 0.25) is 0 Å². The van der Waals surface area contributed by atoms with Crippen LogP contribution in [0, 0.1) is 0 Å². The van der Waals surface area contributed by atoms with Gasteiger partial charge in [0, 0.05) is 22.7 Å². The molecule has 1 N–H and O–H groups in total. The SMILES string of the molecule is CCCOc1ccc2[nH]c(C(C)C)cc(=O)c2c1. The number of aromatic amines is 1. The zero-order chi connectivity index (χ0) is 13.1. The van der Waals surface area contributed by atoms with Crippen molar-refractivity contribution in [1.82, 2.24) is 4.98 Å². The number of fused-ring (bicyclic) bond motifs is 1. The number of hydrogen-bond acceptors (Lipinski definition) is 2. The maximum Gasteiger partial charge on any atom is 0.189 e. The van der Waals surface area contributed by atoms with Crippen LogP contribution in [0.25, 0.3) is 10.9 Å². The fourth-order valence-corrected chi connectivity index (χ4v) is 1.87. The van der Waals surface area contributed by atoms with Crippen molar-refractivity contribution in [2.75, 3.05) is 6.61 Å². The monoisotopic (exact) mass is 245 g/mol. The first-order valence-electron chi connectivity index (χ1n) is 6.41. The molecule has 96 valence electrons. The zero-order valence-corrected chi connectivity index (χ0v) is 11.1. The number of H-pyrrole nitrogens is 1. The van der Waals surface area contributed by atoms with E-state index in [-0.39, 0.29) is 5.43 Å². The lowest BCUT2D eigenvalue weighted by Gasteiger charge is -2.09. The minimum Gasteiger partial charge on any atom is -0.494 e. The van der Waals surface area contributed by atoms with Crippen molar-refractivity contribution in [2.24, 2.45) is 0 Å². The van der Waals surface area contributed by atoms with Crippen molar-refractivity contribution in [3.63, 3.8) is 0 Å². The maximum absolute atomic E-state index is 12.1. The summed E-state index contributed by atoms with van der Waals surface area (Å²) in [5, 5.41) is 0.688. The summed E-state index contributed by atoms with van der Waals surface area (Å²) in [4.78, 5) is 15.3. The molecule has 0 atom stereocenters. The Kier molecular flexibility index (Phi) is 3.70. The number of rotatable bonds is 4. The van der Waals surface area contributed by atoms with Crippen LogP contribution in [0.5, 0.6) is 5.75 Å². The average molecular weight is 245 g/mol. The van der Waals surface area contributed by atoms with Gasteiger partial charge in [0.2, 0.25) is 0 Å². The molecular formula is C15H19NO2. The molecule has 0 saturated carbocycles. The lowest BCUT2D eigenvalue weighted by molar-refractivity contribution is 0.318. The third-order valence-corrected chi connectivity index (χ3v) is 2.92. The zero-order valence-electron chi connectivity index (χ0n) is 11.1. The van der Waals surface area contributed by atoms with Crippen molar-refractivity contribution in [2.45, 2.75) is 33.1 Å². The highest BCUT2D eigenvalue weighted by Gasteiger charge is 2.06. The molecule has 0 spiro atoms. The van der Waals surface area contributed by atoms with Gasteiger partial charge in [-0.15, -0.1) is 0 Å². The smallest absolute Gasteiger partial charge is 0.189 e. The number of pyridine rings is 1. The van der Waals surface area contributed by atoms with Crippen LogP contribution in [0.1, 0.15) is 38.8 Å². The molecule has 18 heavy (non-hydrogen) atoms. The van der Waals surface area contributed by atoms with Gasteiger partial charge in [-0.1, -0.05) is 20.8 Å². The van der Waals surface area contributed by atoms with E-state index in [0.717, 1.165) is 23.4 Å². The summed E-state index contributed by atoms with van der Waals surface area (Å²) in [7, 11) is 0. The summed E-state index contributed by atoms with van der Waals surface area (Å²) < 4.78 is 5.54. The largest absolute Gasteiger partial charge is 0.494 e. The predicted molar refractivity (Wildman–Crippen MR) is 74.4 cm³/mol. The molecule has 2 aromatic rings. The van der Waals surface area contributed by atoms with Gasteiger partial charge in [-0.05, 0) is 30.5 Å². The Bertz CT molecular complexity index is 599. The molecular weight excluding hydrogens is 226 g/mol.